The molecule has 0 aliphatic rings. The topological polar surface area (TPSA) is 94.8 Å². The molecule has 0 aliphatic heterocycles. The first-order valence-corrected chi connectivity index (χ1v) is 7.85. The van der Waals surface area contributed by atoms with Gasteiger partial charge in [0, 0.05) is 11.3 Å². The van der Waals surface area contributed by atoms with Gasteiger partial charge in [-0.25, -0.2) is 4.68 Å². The van der Waals surface area contributed by atoms with E-state index in [1.807, 2.05) is 25.1 Å². The zero-order chi connectivity index (χ0) is 18.2. The molecule has 0 aliphatic carbocycles. The van der Waals surface area contributed by atoms with Gasteiger partial charge in [0.25, 0.3) is 5.91 Å². The third kappa shape index (κ3) is 4.64. The Bertz CT molecular complexity index is 926. The third-order valence-electron chi connectivity index (χ3n) is 3.38. The number of aryl methyl sites for hydroxylation is 1. The first-order valence-electron chi connectivity index (χ1n) is 7.85. The Hall–Kier alpha value is -3.73. The minimum absolute atomic E-state index is 0.224. The number of tetrazole rings is 1. The molecule has 1 N–H and O–H groups in total. The zero-order valence-electron chi connectivity index (χ0n) is 14.1. The van der Waals surface area contributed by atoms with Crippen molar-refractivity contribution in [3.8, 4) is 23.3 Å². The highest BCUT2D eigenvalue weighted by atomic mass is 16.5. The fraction of sp³-hybridized carbons (Fsp3) is 0.167. The lowest BCUT2D eigenvalue weighted by atomic mass is 10.2. The Kier molecular flexibility index (Phi) is 5.52. The number of carbonyl (C=O) groups excluding carboxylic acids is 1. The van der Waals surface area contributed by atoms with Crippen molar-refractivity contribution in [2.75, 3.05) is 13.2 Å². The van der Waals surface area contributed by atoms with Crippen molar-refractivity contribution >= 4 is 5.91 Å². The van der Waals surface area contributed by atoms with Crippen LogP contribution in [0.25, 0.3) is 5.69 Å². The van der Waals surface area contributed by atoms with E-state index in [9.17, 15) is 4.79 Å². The first kappa shape index (κ1) is 17.1. The van der Waals surface area contributed by atoms with Crippen LogP contribution < -0.4 is 10.1 Å². The molecular formula is C18H16N6O2. The van der Waals surface area contributed by atoms with Gasteiger partial charge in [-0.2, -0.15) is 0 Å². The highest BCUT2D eigenvalue weighted by Gasteiger charge is 2.06. The van der Waals surface area contributed by atoms with Gasteiger partial charge in [0.1, 0.15) is 18.7 Å². The molecule has 8 nitrogen and oxygen atoms in total. The molecule has 130 valence electrons. The summed E-state index contributed by atoms with van der Waals surface area (Å²) >= 11 is 0. The van der Waals surface area contributed by atoms with Gasteiger partial charge in [0.15, 0.2) is 0 Å². The largest absolute Gasteiger partial charge is 0.479 e. The monoisotopic (exact) mass is 348 g/mol. The fourth-order valence-corrected chi connectivity index (χ4v) is 2.07. The SMILES string of the molecule is Cc1ccc(OCC#CCNC(=O)c2cccc(-n3cnnn3)c2)cn1. The number of carbonyl (C=O) groups is 1. The number of amides is 1. The number of hydrogen-bond acceptors (Lipinski definition) is 6. The van der Waals surface area contributed by atoms with Crippen LogP contribution in [0.4, 0.5) is 0 Å². The summed E-state index contributed by atoms with van der Waals surface area (Å²) in [5, 5.41) is 13.7. The van der Waals surface area contributed by atoms with E-state index in [1.165, 1.54) is 11.0 Å². The van der Waals surface area contributed by atoms with Gasteiger partial charge in [-0.05, 0) is 47.7 Å². The molecule has 0 saturated carbocycles. The molecule has 2 aromatic heterocycles. The molecule has 0 saturated heterocycles. The number of benzene rings is 1. The van der Waals surface area contributed by atoms with Crippen molar-refractivity contribution in [2.24, 2.45) is 0 Å². The molecule has 0 bridgehead atoms. The molecule has 26 heavy (non-hydrogen) atoms. The van der Waals surface area contributed by atoms with E-state index in [0.29, 0.717) is 17.0 Å². The van der Waals surface area contributed by atoms with Gasteiger partial charge in [-0.1, -0.05) is 17.9 Å². The van der Waals surface area contributed by atoms with E-state index >= 15 is 0 Å². The normalized spacial score (nSPS) is 9.88. The maximum absolute atomic E-state index is 12.2. The second-order valence-corrected chi connectivity index (χ2v) is 5.26. The number of nitrogens with one attached hydrogen (secondary N) is 1. The predicted octanol–water partition coefficient (Wildman–Crippen LogP) is 1.18. The Morgan fingerprint density at radius 3 is 2.96 bits per heavy atom. The van der Waals surface area contributed by atoms with Crippen LogP contribution in [0.2, 0.25) is 0 Å². The summed E-state index contributed by atoms with van der Waals surface area (Å²) in [4.78, 5) is 16.3. The summed E-state index contributed by atoms with van der Waals surface area (Å²) in [6.45, 7) is 2.36. The third-order valence-corrected chi connectivity index (χ3v) is 3.38. The van der Waals surface area contributed by atoms with Crippen LogP contribution in [-0.4, -0.2) is 44.3 Å². The molecule has 0 unspecified atom stereocenters. The number of aromatic nitrogens is 5. The average molecular weight is 348 g/mol. The lowest BCUT2D eigenvalue weighted by Crippen LogP contribution is -2.23. The molecule has 8 heteroatoms. The van der Waals surface area contributed by atoms with E-state index < -0.39 is 0 Å². The van der Waals surface area contributed by atoms with Crippen LogP contribution in [0.5, 0.6) is 5.75 Å². The Labute approximate surface area is 150 Å². The van der Waals surface area contributed by atoms with Crippen LogP contribution in [0.3, 0.4) is 0 Å². The molecule has 3 aromatic rings. The minimum Gasteiger partial charge on any atom is -0.479 e. The second-order valence-electron chi connectivity index (χ2n) is 5.26. The standard InChI is InChI=1S/C18H16N6O2/c1-14-7-8-17(12-20-14)26-10-3-2-9-19-18(25)15-5-4-6-16(11-15)24-13-21-22-23-24/h4-8,11-13H,9-10H2,1H3,(H,19,25). The maximum atomic E-state index is 12.2. The van der Waals surface area contributed by atoms with E-state index in [4.69, 9.17) is 4.74 Å². The fourth-order valence-electron chi connectivity index (χ4n) is 2.07. The van der Waals surface area contributed by atoms with Crippen LogP contribution in [0.1, 0.15) is 16.1 Å². The summed E-state index contributed by atoms with van der Waals surface area (Å²) in [7, 11) is 0. The van der Waals surface area contributed by atoms with Crippen molar-refractivity contribution < 1.29 is 9.53 Å². The Balaban J connectivity index is 1.47. The van der Waals surface area contributed by atoms with Gasteiger partial charge in [-0.15, -0.1) is 5.10 Å². The Morgan fingerprint density at radius 2 is 2.19 bits per heavy atom. The molecular weight excluding hydrogens is 332 g/mol. The average Bonchev–Trinajstić information content (AvgIpc) is 3.21. The molecule has 2 heterocycles. The zero-order valence-corrected chi connectivity index (χ0v) is 14.1. The molecule has 0 fully saturated rings. The van der Waals surface area contributed by atoms with Gasteiger partial charge in [0.2, 0.25) is 0 Å². The van der Waals surface area contributed by atoms with Crippen LogP contribution in [-0.2, 0) is 0 Å². The highest BCUT2D eigenvalue weighted by Crippen LogP contribution is 2.09. The van der Waals surface area contributed by atoms with Crippen molar-refractivity contribution in [2.45, 2.75) is 6.92 Å². The lowest BCUT2D eigenvalue weighted by molar-refractivity contribution is 0.0958. The highest BCUT2D eigenvalue weighted by molar-refractivity contribution is 5.94. The minimum atomic E-state index is -0.224. The van der Waals surface area contributed by atoms with Crippen LogP contribution in [0.15, 0.2) is 48.9 Å². The number of hydrogen-bond donors (Lipinski definition) is 1. The lowest BCUT2D eigenvalue weighted by Gasteiger charge is -2.04. The maximum Gasteiger partial charge on any atom is 0.252 e. The van der Waals surface area contributed by atoms with Crippen molar-refractivity contribution in [1.82, 2.24) is 30.5 Å². The van der Waals surface area contributed by atoms with E-state index in [2.05, 4.69) is 37.7 Å². The van der Waals surface area contributed by atoms with Gasteiger partial charge >= 0.3 is 0 Å². The van der Waals surface area contributed by atoms with Crippen molar-refractivity contribution in [3.05, 3.63) is 60.2 Å². The first-order chi connectivity index (χ1) is 12.7. The number of pyridine rings is 1. The molecule has 0 atom stereocenters. The number of rotatable bonds is 5. The van der Waals surface area contributed by atoms with Gasteiger partial charge in [-0.3, -0.25) is 9.78 Å². The summed E-state index contributed by atoms with van der Waals surface area (Å²) in [6, 6.07) is 10.7. The summed E-state index contributed by atoms with van der Waals surface area (Å²) < 4.78 is 6.92. The quantitative estimate of drug-likeness (QED) is 0.696. The van der Waals surface area contributed by atoms with E-state index in [1.54, 1.807) is 24.4 Å². The molecule has 1 aromatic carbocycles. The molecule has 3 rings (SSSR count). The smallest absolute Gasteiger partial charge is 0.252 e. The van der Waals surface area contributed by atoms with E-state index in [0.717, 1.165) is 5.69 Å². The van der Waals surface area contributed by atoms with Crippen LogP contribution >= 0.6 is 0 Å². The van der Waals surface area contributed by atoms with Gasteiger partial charge < -0.3 is 10.1 Å². The summed E-state index contributed by atoms with van der Waals surface area (Å²) in [5.74, 6) is 6.12. The second kappa shape index (κ2) is 8.39. The van der Waals surface area contributed by atoms with Gasteiger partial charge in [0.05, 0.1) is 18.4 Å². The number of ether oxygens (including phenoxy) is 1. The summed E-state index contributed by atoms with van der Waals surface area (Å²) in [6.07, 6.45) is 3.11. The van der Waals surface area contributed by atoms with Crippen molar-refractivity contribution in [1.29, 1.82) is 0 Å². The molecule has 1 amide bonds. The van der Waals surface area contributed by atoms with Crippen molar-refractivity contribution in [3.63, 3.8) is 0 Å². The predicted molar refractivity (Wildman–Crippen MR) is 93.7 cm³/mol. The van der Waals surface area contributed by atoms with E-state index in [-0.39, 0.29) is 19.1 Å². The molecule has 0 spiro atoms. The van der Waals surface area contributed by atoms with Crippen LogP contribution in [0, 0.1) is 18.8 Å². The molecule has 0 radical (unpaired) electrons. The Morgan fingerprint density at radius 1 is 1.27 bits per heavy atom. The number of nitrogens with zero attached hydrogens (tertiary/aromatic N) is 5. The summed E-state index contributed by atoms with van der Waals surface area (Å²) in [5.41, 5.74) is 2.13.